The lowest BCUT2D eigenvalue weighted by molar-refractivity contribution is 0.226. The maximum absolute atomic E-state index is 11.6. The lowest BCUT2D eigenvalue weighted by Crippen LogP contribution is -2.33. The highest BCUT2D eigenvalue weighted by Crippen LogP contribution is 2.43. The summed E-state index contributed by atoms with van der Waals surface area (Å²) in [7, 11) is -4.33. The normalized spacial score (nSPS) is 12.6. The molecule has 1 aromatic carbocycles. The molecule has 1 atom stereocenters. The third kappa shape index (κ3) is 4.57. The van der Waals surface area contributed by atoms with Crippen LogP contribution in [0.2, 0.25) is 0 Å². The van der Waals surface area contributed by atoms with Crippen LogP contribution in [0.1, 0.15) is 25.0 Å². The van der Waals surface area contributed by atoms with Gasteiger partial charge in [-0.25, -0.2) is 0 Å². The highest BCUT2D eigenvalue weighted by molar-refractivity contribution is 7.52. The molecule has 0 aliphatic rings. The molecule has 0 aliphatic heterocycles. The molecule has 1 unspecified atom stereocenters. The van der Waals surface area contributed by atoms with Gasteiger partial charge in [-0.15, -0.1) is 12.4 Å². The number of benzene rings is 1. The van der Waals surface area contributed by atoms with Gasteiger partial charge in [-0.3, -0.25) is 19.1 Å². The van der Waals surface area contributed by atoms with Gasteiger partial charge in [0.05, 0.1) is 22.7 Å². The minimum absolute atomic E-state index is 0. The molecular formula is C14H18ClN4O5P. The average molecular weight is 389 g/mol. The molecule has 0 amide bonds. The Labute approximate surface area is 148 Å². The molecule has 0 aliphatic carbocycles. The predicted molar refractivity (Wildman–Crippen MR) is 94.7 cm³/mol. The van der Waals surface area contributed by atoms with Gasteiger partial charge in [-0.2, -0.15) is 5.26 Å². The van der Waals surface area contributed by atoms with Gasteiger partial charge < -0.3 is 19.8 Å². The Morgan fingerprint density at radius 3 is 2.40 bits per heavy atom. The Bertz CT molecular complexity index is 974. The Morgan fingerprint density at radius 1 is 1.28 bits per heavy atom. The molecular weight excluding hydrogens is 371 g/mol. The highest BCUT2D eigenvalue weighted by atomic mass is 35.5. The first-order valence-electron chi connectivity index (χ1n) is 7.16. The van der Waals surface area contributed by atoms with Crippen LogP contribution in [0.5, 0.6) is 0 Å². The SMILES string of the molecule is CCN(Cc1cc(C#N)cc2[nH]c(=O)c(=O)[nH]c12)C(C)P(=O)(O)O.Cl. The first-order valence-corrected chi connectivity index (χ1v) is 8.84. The number of rotatable bonds is 5. The van der Waals surface area contributed by atoms with Gasteiger partial charge in [-0.1, -0.05) is 6.92 Å². The van der Waals surface area contributed by atoms with E-state index in [1.54, 1.807) is 6.92 Å². The minimum Gasteiger partial charge on any atom is -0.323 e. The Balaban J connectivity index is 0.00000312. The number of H-pyrrole nitrogens is 2. The van der Waals surface area contributed by atoms with Gasteiger partial charge in [0.25, 0.3) is 0 Å². The smallest absolute Gasteiger partial charge is 0.323 e. The number of halogens is 1. The maximum Gasteiger partial charge on any atom is 0.342 e. The van der Waals surface area contributed by atoms with Gasteiger partial charge in [-0.05, 0) is 31.2 Å². The van der Waals surface area contributed by atoms with Crippen LogP contribution in [-0.4, -0.2) is 37.0 Å². The average Bonchev–Trinajstić information content (AvgIpc) is 2.52. The topological polar surface area (TPSA) is 150 Å². The number of aromatic nitrogens is 2. The summed E-state index contributed by atoms with van der Waals surface area (Å²) in [4.78, 5) is 48.2. The molecule has 4 N–H and O–H groups in total. The van der Waals surface area contributed by atoms with Crippen LogP contribution in [-0.2, 0) is 11.1 Å². The molecule has 1 heterocycles. The second-order valence-electron chi connectivity index (χ2n) is 5.36. The molecule has 0 radical (unpaired) electrons. The second kappa shape index (κ2) is 7.95. The van der Waals surface area contributed by atoms with Crippen molar-refractivity contribution in [3.05, 3.63) is 44.0 Å². The predicted octanol–water partition coefficient (Wildman–Crippen LogP) is 0.855. The van der Waals surface area contributed by atoms with Crippen molar-refractivity contribution >= 4 is 31.0 Å². The Morgan fingerprint density at radius 2 is 1.88 bits per heavy atom. The zero-order valence-electron chi connectivity index (χ0n) is 13.5. The van der Waals surface area contributed by atoms with Crippen molar-refractivity contribution in [1.82, 2.24) is 14.9 Å². The third-order valence-corrected chi connectivity index (χ3v) is 5.14. The molecule has 11 heteroatoms. The number of nitrogens with one attached hydrogen (secondary N) is 2. The van der Waals surface area contributed by atoms with Gasteiger partial charge in [0.2, 0.25) is 0 Å². The molecule has 0 bridgehead atoms. The molecule has 2 rings (SSSR count). The minimum atomic E-state index is -4.33. The fourth-order valence-corrected chi connectivity index (χ4v) is 3.10. The van der Waals surface area contributed by atoms with Crippen LogP contribution in [0.25, 0.3) is 11.0 Å². The van der Waals surface area contributed by atoms with E-state index in [-0.39, 0.29) is 30.0 Å². The van der Waals surface area contributed by atoms with Crippen molar-refractivity contribution in [3.63, 3.8) is 0 Å². The summed E-state index contributed by atoms with van der Waals surface area (Å²) in [6.45, 7) is 3.59. The van der Waals surface area contributed by atoms with E-state index in [1.807, 2.05) is 6.07 Å². The van der Waals surface area contributed by atoms with Crippen molar-refractivity contribution in [1.29, 1.82) is 5.26 Å². The molecule has 2 aromatic rings. The number of fused-ring (bicyclic) bond motifs is 1. The quantitative estimate of drug-likeness (QED) is 0.438. The standard InChI is InChI=1S/C14H17N4O5P.ClH/c1-3-18(8(2)24(21,22)23)7-10-4-9(6-15)5-11-12(10)17-14(20)13(19)16-11;/h4-5,8H,3,7H2,1-2H3,(H,16,19)(H,17,20)(H2,21,22,23);1H. The highest BCUT2D eigenvalue weighted by Gasteiger charge is 2.29. The lowest BCUT2D eigenvalue weighted by Gasteiger charge is -2.28. The van der Waals surface area contributed by atoms with Gasteiger partial charge in [0.1, 0.15) is 5.78 Å². The zero-order valence-corrected chi connectivity index (χ0v) is 15.2. The summed E-state index contributed by atoms with van der Waals surface area (Å²) in [5, 5.41) is 9.12. The molecule has 0 saturated heterocycles. The second-order valence-corrected chi connectivity index (χ2v) is 7.29. The number of nitrogens with zero attached hydrogens (tertiary/aromatic N) is 2. The first kappa shape index (κ1) is 21.1. The molecule has 0 saturated carbocycles. The molecule has 0 spiro atoms. The lowest BCUT2D eigenvalue weighted by atomic mass is 10.1. The Kier molecular flexibility index (Phi) is 6.71. The molecule has 0 fully saturated rings. The number of hydrogen-bond donors (Lipinski definition) is 4. The van der Waals surface area contributed by atoms with Crippen molar-refractivity contribution in [2.75, 3.05) is 6.54 Å². The number of aromatic amines is 2. The van der Waals surface area contributed by atoms with Crippen molar-refractivity contribution in [2.45, 2.75) is 26.2 Å². The largest absolute Gasteiger partial charge is 0.342 e. The van der Waals surface area contributed by atoms with Gasteiger partial charge >= 0.3 is 18.7 Å². The zero-order chi connectivity index (χ0) is 18.1. The van der Waals surface area contributed by atoms with E-state index in [9.17, 15) is 23.9 Å². The molecule has 9 nitrogen and oxygen atoms in total. The molecule has 1 aromatic heterocycles. The summed E-state index contributed by atoms with van der Waals surface area (Å²) in [5.74, 6) is -1.03. The van der Waals surface area contributed by atoms with E-state index in [0.29, 0.717) is 17.6 Å². The van der Waals surface area contributed by atoms with Crippen molar-refractivity contribution in [3.8, 4) is 6.07 Å². The summed E-state index contributed by atoms with van der Waals surface area (Å²) < 4.78 is 11.5. The van der Waals surface area contributed by atoms with Crippen molar-refractivity contribution < 1.29 is 14.4 Å². The van der Waals surface area contributed by atoms with E-state index >= 15 is 0 Å². The van der Waals surface area contributed by atoms with E-state index in [2.05, 4.69) is 9.97 Å². The van der Waals surface area contributed by atoms with E-state index in [0.717, 1.165) is 0 Å². The van der Waals surface area contributed by atoms with Crippen LogP contribution >= 0.6 is 20.0 Å². The Hall–Kier alpha value is -1.95. The monoisotopic (exact) mass is 388 g/mol. The van der Waals surface area contributed by atoms with Crippen LogP contribution in [0.15, 0.2) is 21.7 Å². The number of nitriles is 1. The van der Waals surface area contributed by atoms with E-state index in [1.165, 1.54) is 24.0 Å². The van der Waals surface area contributed by atoms with Crippen LogP contribution in [0, 0.1) is 11.3 Å². The molecule has 136 valence electrons. The fraction of sp³-hybridized carbons (Fsp3) is 0.357. The fourth-order valence-electron chi connectivity index (χ4n) is 2.43. The maximum atomic E-state index is 11.6. The van der Waals surface area contributed by atoms with Crippen LogP contribution in [0.4, 0.5) is 0 Å². The third-order valence-electron chi connectivity index (χ3n) is 3.84. The van der Waals surface area contributed by atoms with E-state index in [4.69, 9.17) is 5.26 Å². The van der Waals surface area contributed by atoms with Crippen LogP contribution in [0.3, 0.4) is 0 Å². The van der Waals surface area contributed by atoms with Gasteiger partial charge in [0, 0.05) is 6.54 Å². The van der Waals surface area contributed by atoms with Crippen molar-refractivity contribution in [2.24, 2.45) is 0 Å². The summed E-state index contributed by atoms with van der Waals surface area (Å²) >= 11 is 0. The molecule has 25 heavy (non-hydrogen) atoms. The summed E-state index contributed by atoms with van der Waals surface area (Å²) in [6.07, 6.45) is 0. The summed E-state index contributed by atoms with van der Waals surface area (Å²) in [6, 6.07) is 4.91. The first-order chi connectivity index (χ1) is 11.2. The van der Waals surface area contributed by atoms with Crippen LogP contribution < -0.4 is 11.1 Å². The number of hydrogen-bond acceptors (Lipinski definition) is 5. The summed E-state index contributed by atoms with van der Waals surface area (Å²) in [5.41, 5.74) is -0.304. The van der Waals surface area contributed by atoms with Gasteiger partial charge in [0.15, 0.2) is 0 Å². The van der Waals surface area contributed by atoms with E-state index < -0.39 is 24.5 Å².